The van der Waals surface area contributed by atoms with E-state index in [4.69, 9.17) is 0 Å². The van der Waals surface area contributed by atoms with E-state index >= 15 is 0 Å². The molecule has 2 aromatic rings. The number of carboxylic acid groups (broad SMARTS) is 1. The highest BCUT2D eigenvalue weighted by atomic mass is 16.4. The molecule has 0 spiro atoms. The third kappa shape index (κ3) is 4.32. The summed E-state index contributed by atoms with van der Waals surface area (Å²) in [7, 11) is 0. The Kier molecular flexibility index (Phi) is 6.75. The minimum atomic E-state index is -0.767. The Morgan fingerprint density at radius 3 is 1.46 bits per heavy atom. The van der Waals surface area contributed by atoms with Crippen LogP contribution in [-0.4, -0.2) is 11.1 Å². The van der Waals surface area contributed by atoms with Gasteiger partial charge in [-0.2, -0.15) is 0 Å². The van der Waals surface area contributed by atoms with Crippen LogP contribution in [0.25, 0.3) is 0 Å². The normalized spacial score (nSPS) is 12.9. The zero-order valence-corrected chi connectivity index (χ0v) is 19.0. The van der Waals surface area contributed by atoms with Crippen molar-refractivity contribution in [3.05, 3.63) is 68.8 Å². The van der Waals surface area contributed by atoms with Crippen molar-refractivity contribution in [3.63, 3.8) is 0 Å². The number of carbonyl (C=O) groups is 1. The molecule has 0 saturated heterocycles. The summed E-state index contributed by atoms with van der Waals surface area (Å²) in [6.45, 7) is 19.2. The summed E-state index contributed by atoms with van der Waals surface area (Å²) < 4.78 is 0. The first-order valence-electron chi connectivity index (χ1n) is 10.4. The molecular weight excluding hydrogens is 344 g/mol. The molecule has 0 aromatic heterocycles. The number of aliphatic carboxylic acids is 1. The predicted molar refractivity (Wildman–Crippen MR) is 119 cm³/mol. The van der Waals surface area contributed by atoms with Gasteiger partial charge in [0.2, 0.25) is 0 Å². The van der Waals surface area contributed by atoms with E-state index in [1.165, 1.54) is 22.3 Å². The van der Waals surface area contributed by atoms with Gasteiger partial charge in [0.25, 0.3) is 0 Å². The summed E-state index contributed by atoms with van der Waals surface area (Å²) in [6.07, 6.45) is 0. The predicted octanol–water partition coefficient (Wildman–Crippen LogP) is 7.20. The van der Waals surface area contributed by atoms with Crippen LogP contribution in [0, 0.1) is 20.8 Å². The van der Waals surface area contributed by atoms with Gasteiger partial charge in [-0.05, 0) is 77.5 Å². The summed E-state index contributed by atoms with van der Waals surface area (Å²) in [5.74, 6) is -0.471. The molecule has 0 aliphatic carbocycles. The first kappa shape index (κ1) is 22.2. The molecule has 0 bridgehead atoms. The first-order valence-corrected chi connectivity index (χ1v) is 10.4. The van der Waals surface area contributed by atoms with E-state index in [2.05, 4.69) is 72.7 Å². The van der Waals surface area contributed by atoms with E-state index in [1.807, 2.05) is 13.8 Å². The minimum absolute atomic E-state index is 0.263. The van der Waals surface area contributed by atoms with E-state index < -0.39 is 11.9 Å². The van der Waals surface area contributed by atoms with E-state index in [1.54, 1.807) is 0 Å². The third-order valence-corrected chi connectivity index (χ3v) is 5.74. The Morgan fingerprint density at radius 2 is 1.14 bits per heavy atom. The second-order valence-corrected chi connectivity index (χ2v) is 9.16. The van der Waals surface area contributed by atoms with Crippen LogP contribution in [0.1, 0.15) is 110 Å². The molecule has 1 atom stereocenters. The van der Waals surface area contributed by atoms with Crippen LogP contribution in [0.3, 0.4) is 0 Å². The lowest BCUT2D eigenvalue weighted by atomic mass is 9.75. The van der Waals surface area contributed by atoms with Crippen molar-refractivity contribution in [1.29, 1.82) is 0 Å². The Hall–Kier alpha value is -2.09. The number of carboxylic acids is 1. The second kappa shape index (κ2) is 8.51. The average molecular weight is 381 g/mol. The second-order valence-electron chi connectivity index (χ2n) is 9.16. The van der Waals surface area contributed by atoms with Crippen molar-refractivity contribution >= 4 is 5.97 Å². The van der Waals surface area contributed by atoms with Gasteiger partial charge in [0, 0.05) is 0 Å². The van der Waals surface area contributed by atoms with Crippen LogP contribution < -0.4 is 0 Å². The quantitative estimate of drug-likeness (QED) is 0.575. The molecule has 0 fully saturated rings. The number of hydrogen-bond acceptors (Lipinski definition) is 1. The van der Waals surface area contributed by atoms with Crippen molar-refractivity contribution in [2.24, 2.45) is 0 Å². The molecule has 0 aliphatic rings. The lowest BCUT2D eigenvalue weighted by Gasteiger charge is -2.28. The standard InChI is InChI=1S/C26H36O2/c1-14(2)20-12-21(15(3)4)24(22(13-20)16(5)6)25(26(27)28)23-18(8)10-17(7)11-19(23)9/h10-16,25H,1-9H3,(H,27,28). The van der Waals surface area contributed by atoms with Gasteiger partial charge < -0.3 is 5.11 Å². The summed E-state index contributed by atoms with van der Waals surface area (Å²) in [5.41, 5.74) is 8.85. The molecule has 2 heteroatoms. The van der Waals surface area contributed by atoms with Crippen molar-refractivity contribution in [2.75, 3.05) is 0 Å². The molecule has 1 N–H and O–H groups in total. The fourth-order valence-corrected chi connectivity index (χ4v) is 4.38. The van der Waals surface area contributed by atoms with E-state index in [9.17, 15) is 9.90 Å². The summed E-state index contributed by atoms with van der Waals surface area (Å²) in [4.78, 5) is 12.7. The minimum Gasteiger partial charge on any atom is -0.481 e. The Morgan fingerprint density at radius 1 is 0.714 bits per heavy atom. The lowest BCUT2D eigenvalue weighted by molar-refractivity contribution is -0.137. The van der Waals surface area contributed by atoms with E-state index in [0.717, 1.165) is 22.3 Å². The number of hydrogen-bond donors (Lipinski definition) is 1. The SMILES string of the molecule is Cc1cc(C)c(C(C(=O)O)c2c(C(C)C)cc(C(C)C)cc2C(C)C)c(C)c1. The molecule has 0 heterocycles. The molecule has 2 nitrogen and oxygen atoms in total. The van der Waals surface area contributed by atoms with Crippen molar-refractivity contribution in [3.8, 4) is 0 Å². The van der Waals surface area contributed by atoms with Crippen LogP contribution in [0.5, 0.6) is 0 Å². The summed E-state index contributed by atoms with van der Waals surface area (Å²) in [6, 6.07) is 8.69. The fraction of sp³-hybridized carbons (Fsp3) is 0.500. The van der Waals surface area contributed by atoms with Gasteiger partial charge >= 0.3 is 5.97 Å². The molecule has 0 aliphatic heterocycles. The molecular formula is C26H36O2. The van der Waals surface area contributed by atoms with Crippen molar-refractivity contribution < 1.29 is 9.90 Å². The van der Waals surface area contributed by atoms with Crippen LogP contribution in [-0.2, 0) is 4.79 Å². The average Bonchev–Trinajstić information content (AvgIpc) is 2.56. The van der Waals surface area contributed by atoms with Gasteiger partial charge in [0.15, 0.2) is 0 Å². The maximum Gasteiger partial charge on any atom is 0.315 e. The topological polar surface area (TPSA) is 37.3 Å². The summed E-state index contributed by atoms with van der Waals surface area (Å²) in [5, 5.41) is 10.4. The van der Waals surface area contributed by atoms with Gasteiger partial charge in [-0.25, -0.2) is 0 Å². The van der Waals surface area contributed by atoms with Crippen molar-refractivity contribution in [1.82, 2.24) is 0 Å². The Bertz CT molecular complexity index is 820. The van der Waals surface area contributed by atoms with Gasteiger partial charge in [-0.15, -0.1) is 0 Å². The zero-order valence-electron chi connectivity index (χ0n) is 19.0. The van der Waals surface area contributed by atoms with Crippen LogP contribution in [0.15, 0.2) is 24.3 Å². The maximum absolute atomic E-state index is 12.7. The first-order chi connectivity index (χ1) is 13.0. The van der Waals surface area contributed by atoms with Gasteiger partial charge in [-0.3, -0.25) is 4.79 Å². The van der Waals surface area contributed by atoms with Crippen molar-refractivity contribution in [2.45, 2.75) is 86.0 Å². The van der Waals surface area contributed by atoms with Gasteiger partial charge in [0.1, 0.15) is 5.92 Å². The van der Waals surface area contributed by atoms with Crippen LogP contribution >= 0.6 is 0 Å². The van der Waals surface area contributed by atoms with E-state index in [0.29, 0.717) is 5.92 Å². The third-order valence-electron chi connectivity index (χ3n) is 5.74. The molecule has 2 rings (SSSR count). The largest absolute Gasteiger partial charge is 0.481 e. The van der Waals surface area contributed by atoms with Gasteiger partial charge in [-0.1, -0.05) is 71.4 Å². The highest BCUT2D eigenvalue weighted by molar-refractivity contribution is 5.83. The lowest BCUT2D eigenvalue weighted by Crippen LogP contribution is -2.21. The number of rotatable bonds is 6. The highest BCUT2D eigenvalue weighted by Crippen LogP contribution is 2.41. The molecule has 0 radical (unpaired) electrons. The fourth-order valence-electron chi connectivity index (χ4n) is 4.38. The van der Waals surface area contributed by atoms with Gasteiger partial charge in [0.05, 0.1) is 0 Å². The smallest absolute Gasteiger partial charge is 0.315 e. The molecule has 0 amide bonds. The molecule has 1 unspecified atom stereocenters. The van der Waals surface area contributed by atoms with E-state index in [-0.39, 0.29) is 11.8 Å². The van der Waals surface area contributed by atoms with Crippen LogP contribution in [0.4, 0.5) is 0 Å². The Labute approximate surface area is 171 Å². The summed E-state index contributed by atoms with van der Waals surface area (Å²) >= 11 is 0. The molecule has 2 aromatic carbocycles. The zero-order chi connectivity index (χ0) is 21.3. The number of benzene rings is 2. The van der Waals surface area contributed by atoms with Crippen LogP contribution in [0.2, 0.25) is 0 Å². The molecule has 152 valence electrons. The highest BCUT2D eigenvalue weighted by Gasteiger charge is 2.32. The Balaban J connectivity index is 2.94. The molecule has 28 heavy (non-hydrogen) atoms. The number of aryl methyl sites for hydroxylation is 3. The monoisotopic (exact) mass is 380 g/mol. The molecule has 0 saturated carbocycles. The maximum atomic E-state index is 12.7.